The second kappa shape index (κ2) is 5.40. The van der Waals surface area contributed by atoms with Crippen molar-refractivity contribution in [2.75, 3.05) is 6.54 Å². The Labute approximate surface area is 136 Å². The molecule has 4 rings (SSSR count). The fraction of sp³-hybridized carbons (Fsp3) is 0.312. The first-order valence-corrected chi connectivity index (χ1v) is 7.66. The van der Waals surface area contributed by atoms with Gasteiger partial charge in [-0.2, -0.15) is 5.10 Å². The van der Waals surface area contributed by atoms with Crippen LogP contribution < -0.4 is 0 Å². The number of benzene rings is 1. The summed E-state index contributed by atoms with van der Waals surface area (Å²) in [6, 6.07) is 4.15. The van der Waals surface area contributed by atoms with E-state index in [0.717, 1.165) is 18.6 Å². The number of fused-ring (bicyclic) bond motifs is 1. The normalized spacial score (nSPS) is 20.2. The zero-order valence-corrected chi connectivity index (χ0v) is 12.7. The Kier molecular flexibility index (Phi) is 3.33. The summed E-state index contributed by atoms with van der Waals surface area (Å²) in [4.78, 5) is 27.3. The van der Waals surface area contributed by atoms with Crippen LogP contribution in [0.5, 0.6) is 0 Å². The number of hydrogen-bond donors (Lipinski definition) is 0. The average molecular weight is 332 g/mol. The summed E-state index contributed by atoms with van der Waals surface area (Å²) in [6.45, 7) is 0.640. The third kappa shape index (κ3) is 2.26. The van der Waals surface area contributed by atoms with Crippen LogP contribution >= 0.6 is 0 Å². The van der Waals surface area contributed by atoms with E-state index in [1.54, 1.807) is 11.0 Å². The largest absolute Gasteiger partial charge is 0.327 e. The van der Waals surface area contributed by atoms with Crippen molar-refractivity contribution in [1.82, 2.24) is 19.6 Å². The highest BCUT2D eigenvalue weighted by atomic mass is 19.1. The molecule has 0 spiro atoms. The molecule has 2 fully saturated rings. The van der Waals surface area contributed by atoms with E-state index in [4.69, 9.17) is 0 Å². The van der Waals surface area contributed by atoms with E-state index >= 15 is 0 Å². The predicted octanol–water partition coefficient (Wildman–Crippen LogP) is 2.08. The minimum absolute atomic E-state index is 0.0421. The molecule has 0 radical (unpaired) electrons. The van der Waals surface area contributed by atoms with Gasteiger partial charge in [0.15, 0.2) is 5.82 Å². The summed E-state index contributed by atoms with van der Waals surface area (Å²) in [5.41, 5.74) is 0.559. The smallest absolute Gasteiger partial charge is 0.312 e. The third-order valence-corrected chi connectivity index (χ3v) is 4.40. The molecule has 2 saturated heterocycles. The standard InChI is InChI=1S/C16H14F2N4O2/c17-10-3-4-13(12(18)8-10)22-7-5-11(19-22)9-21-15(23)14-2-1-6-20(14)16(21)24/h3-5,7-8,14H,1-2,6,9H2. The molecule has 1 atom stereocenters. The molecule has 3 amide bonds. The molecule has 0 aliphatic carbocycles. The fourth-order valence-electron chi connectivity index (χ4n) is 3.24. The monoisotopic (exact) mass is 332 g/mol. The topological polar surface area (TPSA) is 58.4 Å². The number of imide groups is 1. The van der Waals surface area contributed by atoms with Crippen molar-refractivity contribution in [2.24, 2.45) is 0 Å². The highest BCUT2D eigenvalue weighted by Gasteiger charge is 2.47. The van der Waals surface area contributed by atoms with Gasteiger partial charge >= 0.3 is 6.03 Å². The highest BCUT2D eigenvalue weighted by molar-refractivity contribution is 6.04. The van der Waals surface area contributed by atoms with Gasteiger partial charge in [-0.05, 0) is 31.0 Å². The first-order valence-electron chi connectivity index (χ1n) is 7.66. The Morgan fingerprint density at radius 1 is 1.21 bits per heavy atom. The Bertz CT molecular complexity index is 813. The number of aromatic nitrogens is 2. The van der Waals surface area contributed by atoms with Gasteiger partial charge in [-0.15, -0.1) is 0 Å². The molecule has 2 aliphatic rings. The fourth-order valence-corrected chi connectivity index (χ4v) is 3.24. The summed E-state index contributed by atoms with van der Waals surface area (Å²) >= 11 is 0. The van der Waals surface area contributed by atoms with Crippen molar-refractivity contribution < 1.29 is 18.4 Å². The number of carbonyl (C=O) groups excluding carboxylic acids is 2. The van der Waals surface area contributed by atoms with Crippen molar-refractivity contribution >= 4 is 11.9 Å². The van der Waals surface area contributed by atoms with Gasteiger partial charge in [0, 0.05) is 18.8 Å². The van der Waals surface area contributed by atoms with Gasteiger partial charge in [-0.25, -0.2) is 18.3 Å². The summed E-state index contributed by atoms with van der Waals surface area (Å²) in [5, 5.41) is 4.19. The maximum absolute atomic E-state index is 13.8. The summed E-state index contributed by atoms with van der Waals surface area (Å²) in [6.07, 6.45) is 3.04. The minimum atomic E-state index is -0.737. The van der Waals surface area contributed by atoms with Crippen LogP contribution in [0.2, 0.25) is 0 Å². The van der Waals surface area contributed by atoms with Gasteiger partial charge in [0.05, 0.1) is 12.2 Å². The van der Waals surface area contributed by atoms with Crippen LogP contribution in [0.3, 0.4) is 0 Å². The van der Waals surface area contributed by atoms with E-state index in [0.29, 0.717) is 18.7 Å². The van der Waals surface area contributed by atoms with Crippen LogP contribution in [0.15, 0.2) is 30.5 Å². The van der Waals surface area contributed by atoms with Crippen LogP contribution in [-0.4, -0.2) is 44.1 Å². The second-order valence-corrected chi connectivity index (χ2v) is 5.91. The van der Waals surface area contributed by atoms with Gasteiger partial charge in [0.25, 0.3) is 5.91 Å². The quantitative estimate of drug-likeness (QED) is 0.809. The molecule has 24 heavy (non-hydrogen) atoms. The molecule has 8 heteroatoms. The molecule has 0 N–H and O–H groups in total. The third-order valence-electron chi connectivity index (χ3n) is 4.40. The zero-order chi connectivity index (χ0) is 16.8. The molecule has 1 unspecified atom stereocenters. The van der Waals surface area contributed by atoms with E-state index in [-0.39, 0.29) is 30.2 Å². The van der Waals surface area contributed by atoms with Crippen molar-refractivity contribution in [3.8, 4) is 5.69 Å². The van der Waals surface area contributed by atoms with Crippen LogP contribution in [0, 0.1) is 11.6 Å². The molecule has 6 nitrogen and oxygen atoms in total. The summed E-state index contributed by atoms with van der Waals surface area (Å²) < 4.78 is 28.0. The van der Waals surface area contributed by atoms with Gasteiger partial charge in [-0.3, -0.25) is 9.69 Å². The van der Waals surface area contributed by atoms with Crippen LogP contribution in [0.1, 0.15) is 18.5 Å². The van der Waals surface area contributed by atoms with Gasteiger partial charge in [-0.1, -0.05) is 0 Å². The number of halogens is 2. The number of urea groups is 1. The molecule has 2 aliphatic heterocycles. The number of amides is 3. The van der Waals surface area contributed by atoms with Crippen molar-refractivity contribution in [3.05, 3.63) is 47.8 Å². The van der Waals surface area contributed by atoms with Gasteiger partial charge in [0.1, 0.15) is 17.5 Å². The lowest BCUT2D eigenvalue weighted by Gasteiger charge is -2.14. The summed E-state index contributed by atoms with van der Waals surface area (Å²) in [7, 11) is 0. The SMILES string of the molecule is O=C1C2CCCN2C(=O)N1Cc1ccn(-c2ccc(F)cc2F)n1. The van der Waals surface area contributed by atoms with Gasteiger partial charge < -0.3 is 4.90 Å². The van der Waals surface area contributed by atoms with Crippen LogP contribution in [0.4, 0.5) is 13.6 Å². The molecular formula is C16H14F2N4O2. The van der Waals surface area contributed by atoms with E-state index in [9.17, 15) is 18.4 Å². The average Bonchev–Trinajstić information content (AvgIpc) is 3.24. The Morgan fingerprint density at radius 2 is 2.04 bits per heavy atom. The lowest BCUT2D eigenvalue weighted by molar-refractivity contribution is -0.128. The van der Waals surface area contributed by atoms with Gasteiger partial charge in [0.2, 0.25) is 0 Å². The highest BCUT2D eigenvalue weighted by Crippen LogP contribution is 2.28. The Morgan fingerprint density at radius 3 is 2.79 bits per heavy atom. The van der Waals surface area contributed by atoms with Crippen molar-refractivity contribution in [1.29, 1.82) is 0 Å². The Hall–Kier alpha value is -2.77. The van der Waals surface area contributed by atoms with Crippen LogP contribution in [-0.2, 0) is 11.3 Å². The molecule has 124 valence electrons. The molecule has 1 aromatic heterocycles. The van der Waals surface area contributed by atoms with E-state index in [1.807, 2.05) is 0 Å². The second-order valence-electron chi connectivity index (χ2n) is 5.91. The molecular weight excluding hydrogens is 318 g/mol. The predicted molar refractivity (Wildman–Crippen MR) is 79.2 cm³/mol. The minimum Gasteiger partial charge on any atom is -0.312 e. The number of rotatable bonds is 3. The summed E-state index contributed by atoms with van der Waals surface area (Å²) in [5.74, 6) is -1.61. The molecule has 1 aromatic carbocycles. The first-order chi connectivity index (χ1) is 11.5. The zero-order valence-electron chi connectivity index (χ0n) is 12.7. The number of carbonyl (C=O) groups is 2. The number of hydrogen-bond acceptors (Lipinski definition) is 3. The molecule has 0 saturated carbocycles. The first kappa shape index (κ1) is 14.8. The lowest BCUT2D eigenvalue weighted by atomic mass is 10.2. The lowest BCUT2D eigenvalue weighted by Crippen LogP contribution is -2.32. The molecule has 2 aromatic rings. The van der Waals surface area contributed by atoms with Crippen molar-refractivity contribution in [2.45, 2.75) is 25.4 Å². The van der Waals surface area contributed by atoms with Crippen LogP contribution in [0.25, 0.3) is 5.69 Å². The molecule has 3 heterocycles. The maximum atomic E-state index is 13.8. The van der Waals surface area contributed by atoms with E-state index in [1.165, 1.54) is 21.8 Å². The maximum Gasteiger partial charge on any atom is 0.327 e. The van der Waals surface area contributed by atoms with E-state index in [2.05, 4.69) is 5.10 Å². The Balaban J connectivity index is 1.56. The van der Waals surface area contributed by atoms with E-state index < -0.39 is 11.6 Å². The number of nitrogens with zero attached hydrogens (tertiary/aromatic N) is 4. The van der Waals surface area contributed by atoms with Crippen molar-refractivity contribution in [3.63, 3.8) is 0 Å². The molecule has 0 bridgehead atoms.